The summed E-state index contributed by atoms with van der Waals surface area (Å²) in [5.41, 5.74) is 0. The molecule has 0 amide bonds. The lowest BCUT2D eigenvalue weighted by molar-refractivity contribution is 0.410. The van der Waals surface area contributed by atoms with Crippen molar-refractivity contribution in [2.75, 3.05) is 7.11 Å². The van der Waals surface area contributed by atoms with Crippen LogP contribution in [0.3, 0.4) is 0 Å². The van der Waals surface area contributed by atoms with E-state index in [0.29, 0.717) is 22.4 Å². The second kappa shape index (κ2) is 6.05. The molecule has 0 radical (unpaired) electrons. The van der Waals surface area contributed by atoms with Gasteiger partial charge in [-0.2, -0.15) is 0 Å². The SMILES string of the molecule is COc1ccc(Sc2c(F)c(F)c(F)c(Br)c2F)cc1. The van der Waals surface area contributed by atoms with Crippen LogP contribution in [-0.4, -0.2) is 7.11 Å². The molecule has 0 bridgehead atoms. The van der Waals surface area contributed by atoms with Gasteiger partial charge in [0.2, 0.25) is 0 Å². The highest BCUT2D eigenvalue weighted by Crippen LogP contribution is 2.38. The van der Waals surface area contributed by atoms with Gasteiger partial charge in [-0.05, 0) is 40.2 Å². The molecular weight excluding hydrogens is 360 g/mol. The Hall–Kier alpha value is -1.21. The van der Waals surface area contributed by atoms with Gasteiger partial charge in [-0.3, -0.25) is 0 Å². The van der Waals surface area contributed by atoms with Crippen molar-refractivity contribution < 1.29 is 22.3 Å². The largest absolute Gasteiger partial charge is 0.497 e. The van der Waals surface area contributed by atoms with Crippen LogP contribution in [0.2, 0.25) is 0 Å². The van der Waals surface area contributed by atoms with Crippen molar-refractivity contribution in [2.24, 2.45) is 0 Å². The number of hydrogen-bond donors (Lipinski definition) is 0. The summed E-state index contributed by atoms with van der Waals surface area (Å²) in [6, 6.07) is 6.29. The molecule has 0 atom stereocenters. The zero-order chi connectivity index (χ0) is 14.9. The van der Waals surface area contributed by atoms with Gasteiger partial charge in [0.1, 0.15) is 5.75 Å². The van der Waals surface area contributed by atoms with Gasteiger partial charge in [-0.15, -0.1) is 0 Å². The highest BCUT2D eigenvalue weighted by atomic mass is 79.9. The van der Waals surface area contributed by atoms with Crippen LogP contribution < -0.4 is 4.74 Å². The summed E-state index contributed by atoms with van der Waals surface area (Å²) in [6.07, 6.45) is 0. The Labute approximate surface area is 125 Å². The monoisotopic (exact) mass is 366 g/mol. The van der Waals surface area contributed by atoms with Crippen molar-refractivity contribution in [3.63, 3.8) is 0 Å². The minimum Gasteiger partial charge on any atom is -0.497 e. The van der Waals surface area contributed by atoms with Crippen LogP contribution in [0.15, 0.2) is 38.5 Å². The standard InChI is InChI=1S/C13H7BrF4OS/c1-19-6-2-4-7(5-3-6)20-13-10(16)8(14)9(15)11(17)12(13)18/h2-5H,1H3. The lowest BCUT2D eigenvalue weighted by Crippen LogP contribution is -1.99. The number of methoxy groups -OCH3 is 1. The van der Waals surface area contributed by atoms with E-state index < -0.39 is 32.6 Å². The van der Waals surface area contributed by atoms with Crippen LogP contribution in [0, 0.1) is 23.3 Å². The molecule has 1 nitrogen and oxygen atoms in total. The molecule has 2 rings (SSSR count). The van der Waals surface area contributed by atoms with Gasteiger partial charge in [-0.25, -0.2) is 17.6 Å². The minimum absolute atomic E-state index is 0.460. The lowest BCUT2D eigenvalue weighted by Gasteiger charge is -2.09. The van der Waals surface area contributed by atoms with E-state index in [9.17, 15) is 17.6 Å². The Kier molecular flexibility index (Phi) is 4.59. The second-order valence-electron chi connectivity index (χ2n) is 3.68. The summed E-state index contributed by atoms with van der Waals surface area (Å²) >= 11 is 3.22. The van der Waals surface area contributed by atoms with Crippen LogP contribution in [0.1, 0.15) is 0 Å². The Morgan fingerprint density at radius 1 is 0.900 bits per heavy atom. The zero-order valence-electron chi connectivity index (χ0n) is 10.0. The number of rotatable bonds is 3. The van der Waals surface area contributed by atoms with Gasteiger partial charge >= 0.3 is 0 Å². The predicted octanol–water partition coefficient (Wildman–Crippen LogP) is 5.17. The van der Waals surface area contributed by atoms with E-state index in [0.717, 1.165) is 0 Å². The van der Waals surface area contributed by atoms with Crippen LogP contribution in [0.5, 0.6) is 5.75 Å². The molecule has 0 fully saturated rings. The average molecular weight is 367 g/mol. The minimum atomic E-state index is -1.71. The maximum Gasteiger partial charge on any atom is 0.196 e. The van der Waals surface area contributed by atoms with E-state index in [1.54, 1.807) is 24.3 Å². The van der Waals surface area contributed by atoms with E-state index in [-0.39, 0.29) is 0 Å². The fourth-order valence-corrected chi connectivity index (χ4v) is 2.82. The van der Waals surface area contributed by atoms with E-state index in [2.05, 4.69) is 15.9 Å². The van der Waals surface area contributed by atoms with Crippen molar-refractivity contribution in [1.82, 2.24) is 0 Å². The Morgan fingerprint density at radius 3 is 2.05 bits per heavy atom. The third-order valence-electron chi connectivity index (χ3n) is 2.45. The summed E-state index contributed by atoms with van der Waals surface area (Å²) in [7, 11) is 1.48. The first-order valence-corrected chi connectivity index (χ1v) is 6.90. The van der Waals surface area contributed by atoms with Gasteiger partial charge in [0.25, 0.3) is 0 Å². The molecule has 0 N–H and O–H groups in total. The third kappa shape index (κ3) is 2.78. The van der Waals surface area contributed by atoms with Crippen molar-refractivity contribution in [3.05, 3.63) is 52.0 Å². The molecule has 0 aromatic heterocycles. The molecule has 7 heteroatoms. The first kappa shape index (κ1) is 15.2. The summed E-state index contributed by atoms with van der Waals surface area (Å²) in [5.74, 6) is -5.46. The molecular formula is C13H7BrF4OS. The van der Waals surface area contributed by atoms with Gasteiger partial charge in [0.15, 0.2) is 23.3 Å². The van der Waals surface area contributed by atoms with Gasteiger partial charge in [-0.1, -0.05) is 11.8 Å². The second-order valence-corrected chi connectivity index (χ2v) is 5.55. The molecule has 0 aliphatic rings. The molecule has 0 aliphatic carbocycles. The van der Waals surface area contributed by atoms with Gasteiger partial charge in [0.05, 0.1) is 16.5 Å². The molecule has 0 unspecified atom stereocenters. The van der Waals surface area contributed by atoms with E-state index in [1.807, 2.05) is 0 Å². The molecule has 0 saturated heterocycles. The Balaban J connectivity index is 2.42. The number of benzene rings is 2. The van der Waals surface area contributed by atoms with Crippen molar-refractivity contribution in [1.29, 1.82) is 0 Å². The van der Waals surface area contributed by atoms with E-state index in [1.165, 1.54) is 7.11 Å². The molecule has 2 aromatic carbocycles. The predicted molar refractivity (Wildman–Crippen MR) is 71.1 cm³/mol. The fraction of sp³-hybridized carbons (Fsp3) is 0.0769. The van der Waals surface area contributed by atoms with Crippen molar-refractivity contribution in [2.45, 2.75) is 9.79 Å². The first-order chi connectivity index (χ1) is 9.45. The summed E-state index contributed by atoms with van der Waals surface area (Å²) in [5, 5.41) is 0. The van der Waals surface area contributed by atoms with Crippen LogP contribution in [0.4, 0.5) is 17.6 Å². The molecule has 20 heavy (non-hydrogen) atoms. The summed E-state index contributed by atoms with van der Waals surface area (Å²) in [4.78, 5) is -0.151. The highest BCUT2D eigenvalue weighted by Gasteiger charge is 2.24. The highest BCUT2D eigenvalue weighted by molar-refractivity contribution is 9.10. The lowest BCUT2D eigenvalue weighted by atomic mass is 10.3. The normalized spacial score (nSPS) is 10.7. The van der Waals surface area contributed by atoms with E-state index in [4.69, 9.17) is 4.74 Å². The van der Waals surface area contributed by atoms with E-state index >= 15 is 0 Å². The number of hydrogen-bond acceptors (Lipinski definition) is 2. The van der Waals surface area contributed by atoms with Crippen LogP contribution in [0.25, 0.3) is 0 Å². The first-order valence-electron chi connectivity index (χ1n) is 5.29. The molecule has 2 aromatic rings. The fourth-order valence-electron chi connectivity index (χ4n) is 1.44. The summed E-state index contributed by atoms with van der Waals surface area (Å²) in [6.45, 7) is 0. The summed E-state index contributed by atoms with van der Waals surface area (Å²) < 4.78 is 58.0. The molecule has 0 spiro atoms. The molecule has 106 valence electrons. The van der Waals surface area contributed by atoms with Crippen LogP contribution >= 0.6 is 27.7 Å². The maximum absolute atomic E-state index is 13.8. The zero-order valence-corrected chi connectivity index (χ0v) is 12.4. The average Bonchev–Trinajstić information content (AvgIpc) is 2.48. The van der Waals surface area contributed by atoms with Gasteiger partial charge < -0.3 is 4.74 Å². The quantitative estimate of drug-likeness (QED) is 0.421. The molecule has 0 aliphatic heterocycles. The van der Waals surface area contributed by atoms with Crippen molar-refractivity contribution >= 4 is 27.7 Å². The number of halogens is 5. The van der Waals surface area contributed by atoms with Gasteiger partial charge in [0, 0.05) is 4.90 Å². The van der Waals surface area contributed by atoms with Crippen molar-refractivity contribution in [3.8, 4) is 5.75 Å². The Bertz CT molecular complexity index is 617. The molecule has 0 heterocycles. The third-order valence-corrected chi connectivity index (χ3v) is 4.22. The topological polar surface area (TPSA) is 9.23 Å². The Morgan fingerprint density at radius 2 is 1.50 bits per heavy atom. The maximum atomic E-state index is 13.8. The molecule has 0 saturated carbocycles. The smallest absolute Gasteiger partial charge is 0.196 e. The van der Waals surface area contributed by atoms with Crippen LogP contribution in [-0.2, 0) is 0 Å². The number of ether oxygens (including phenoxy) is 1.